The lowest BCUT2D eigenvalue weighted by Gasteiger charge is -2.15. The smallest absolute Gasteiger partial charge is 0.101 e. The van der Waals surface area contributed by atoms with E-state index < -0.39 is 0 Å². The molecule has 1 aromatic rings. The first kappa shape index (κ1) is 10.1. The van der Waals surface area contributed by atoms with Gasteiger partial charge in [-0.15, -0.1) is 11.3 Å². The Morgan fingerprint density at radius 2 is 2.50 bits per heavy atom. The van der Waals surface area contributed by atoms with E-state index in [1.54, 1.807) is 11.3 Å². The van der Waals surface area contributed by atoms with Gasteiger partial charge >= 0.3 is 0 Å². The van der Waals surface area contributed by atoms with Gasteiger partial charge in [-0.3, -0.25) is 0 Å². The molecule has 0 aliphatic carbocycles. The molecule has 1 aromatic heterocycles. The maximum Gasteiger partial charge on any atom is 0.101 e. The Kier molecular flexibility index (Phi) is 2.85. The van der Waals surface area contributed by atoms with Crippen LogP contribution >= 0.6 is 11.3 Å². The largest absolute Gasteiger partial charge is 0.386 e. The second kappa shape index (κ2) is 3.96. The van der Waals surface area contributed by atoms with Crippen molar-refractivity contribution in [2.45, 2.75) is 19.4 Å². The lowest BCUT2D eigenvalue weighted by molar-refractivity contribution is 0.109. The van der Waals surface area contributed by atoms with Crippen molar-refractivity contribution in [3.05, 3.63) is 16.1 Å². The van der Waals surface area contributed by atoms with E-state index in [4.69, 9.17) is 0 Å². The second-order valence-corrected chi connectivity index (χ2v) is 5.11. The highest BCUT2D eigenvalue weighted by atomic mass is 32.1. The van der Waals surface area contributed by atoms with Crippen molar-refractivity contribution in [3.8, 4) is 0 Å². The highest BCUT2D eigenvalue weighted by molar-refractivity contribution is 7.09. The molecule has 0 saturated carbocycles. The minimum atomic E-state index is -0.370. The van der Waals surface area contributed by atoms with Crippen LogP contribution in [0.2, 0.25) is 0 Å². The van der Waals surface area contributed by atoms with Gasteiger partial charge in [0.15, 0.2) is 0 Å². The standard InChI is InChI=1S/C10H16N2OS/c1-7-11-9(6-14-7)10(13)8-3-4-12(2)5-8/h6,8,10,13H,3-5H2,1-2H3. The summed E-state index contributed by atoms with van der Waals surface area (Å²) < 4.78 is 0. The van der Waals surface area contributed by atoms with Crippen LogP contribution in [-0.4, -0.2) is 35.1 Å². The molecule has 0 aromatic carbocycles. The van der Waals surface area contributed by atoms with E-state index in [2.05, 4.69) is 16.9 Å². The predicted octanol–water partition coefficient (Wildman–Crippen LogP) is 1.44. The summed E-state index contributed by atoms with van der Waals surface area (Å²) in [7, 11) is 2.10. The molecule has 2 unspecified atom stereocenters. The molecule has 0 radical (unpaired) electrons. The minimum Gasteiger partial charge on any atom is -0.386 e. The minimum absolute atomic E-state index is 0.362. The molecule has 0 amide bonds. The summed E-state index contributed by atoms with van der Waals surface area (Å²) in [4.78, 5) is 6.59. The topological polar surface area (TPSA) is 36.4 Å². The van der Waals surface area contributed by atoms with Crippen molar-refractivity contribution in [1.29, 1.82) is 0 Å². The van der Waals surface area contributed by atoms with Crippen molar-refractivity contribution in [3.63, 3.8) is 0 Å². The van der Waals surface area contributed by atoms with Gasteiger partial charge in [0.05, 0.1) is 10.7 Å². The molecule has 4 heteroatoms. The summed E-state index contributed by atoms with van der Waals surface area (Å²) in [5, 5.41) is 13.1. The van der Waals surface area contributed by atoms with Gasteiger partial charge in [0.2, 0.25) is 0 Å². The predicted molar refractivity (Wildman–Crippen MR) is 57.4 cm³/mol. The van der Waals surface area contributed by atoms with Crippen LogP contribution in [0.4, 0.5) is 0 Å². The third-order valence-corrected chi connectivity index (χ3v) is 3.61. The third kappa shape index (κ3) is 1.97. The molecular weight excluding hydrogens is 196 g/mol. The Labute approximate surface area is 88.4 Å². The van der Waals surface area contributed by atoms with E-state index >= 15 is 0 Å². The number of aromatic nitrogens is 1. The number of aryl methyl sites for hydroxylation is 1. The fraction of sp³-hybridized carbons (Fsp3) is 0.700. The van der Waals surface area contributed by atoms with Crippen LogP contribution in [0.25, 0.3) is 0 Å². The van der Waals surface area contributed by atoms with E-state index in [0.717, 1.165) is 30.2 Å². The molecule has 14 heavy (non-hydrogen) atoms. The molecule has 2 atom stereocenters. The van der Waals surface area contributed by atoms with Gasteiger partial charge in [0.25, 0.3) is 0 Å². The van der Waals surface area contributed by atoms with E-state index in [-0.39, 0.29) is 6.10 Å². The molecule has 78 valence electrons. The van der Waals surface area contributed by atoms with E-state index in [1.165, 1.54) is 0 Å². The van der Waals surface area contributed by atoms with Crippen LogP contribution in [0.1, 0.15) is 23.2 Å². The average molecular weight is 212 g/mol. The number of aliphatic hydroxyl groups excluding tert-OH is 1. The van der Waals surface area contributed by atoms with Crippen LogP contribution in [-0.2, 0) is 0 Å². The van der Waals surface area contributed by atoms with Crippen LogP contribution < -0.4 is 0 Å². The number of thiazole rings is 1. The number of nitrogens with zero attached hydrogens (tertiary/aromatic N) is 2. The number of aliphatic hydroxyl groups is 1. The maximum absolute atomic E-state index is 10.1. The molecule has 2 heterocycles. The SMILES string of the molecule is Cc1nc(C(O)C2CCN(C)C2)cs1. The summed E-state index contributed by atoms with van der Waals surface area (Å²) in [6.45, 7) is 4.05. The Balaban J connectivity index is 2.05. The first-order valence-corrected chi connectivity index (χ1v) is 5.83. The lowest BCUT2D eigenvalue weighted by Crippen LogP contribution is -2.18. The normalized spacial score (nSPS) is 25.5. The van der Waals surface area contributed by atoms with Crippen molar-refractivity contribution >= 4 is 11.3 Å². The molecule has 1 fully saturated rings. The first-order chi connectivity index (χ1) is 6.66. The Bertz CT molecular complexity index is 313. The van der Waals surface area contributed by atoms with Crippen LogP contribution in [0.3, 0.4) is 0 Å². The van der Waals surface area contributed by atoms with E-state index in [0.29, 0.717) is 5.92 Å². The van der Waals surface area contributed by atoms with Crippen LogP contribution in [0.15, 0.2) is 5.38 Å². The molecular formula is C10H16N2OS. The zero-order valence-corrected chi connectivity index (χ0v) is 9.42. The van der Waals surface area contributed by atoms with Gasteiger partial charge in [0.1, 0.15) is 6.10 Å². The fourth-order valence-electron chi connectivity index (χ4n) is 1.98. The summed E-state index contributed by atoms with van der Waals surface area (Å²) in [6, 6.07) is 0. The van der Waals surface area contributed by atoms with Gasteiger partial charge < -0.3 is 10.0 Å². The molecule has 1 aliphatic heterocycles. The van der Waals surface area contributed by atoms with Crippen molar-refractivity contribution in [2.24, 2.45) is 5.92 Å². The van der Waals surface area contributed by atoms with Gasteiger partial charge in [-0.05, 0) is 26.9 Å². The highest BCUT2D eigenvalue weighted by Gasteiger charge is 2.28. The summed E-state index contributed by atoms with van der Waals surface area (Å²) in [5.74, 6) is 0.362. The first-order valence-electron chi connectivity index (χ1n) is 4.95. The van der Waals surface area contributed by atoms with Gasteiger partial charge in [0, 0.05) is 17.8 Å². The van der Waals surface area contributed by atoms with Gasteiger partial charge in [-0.1, -0.05) is 0 Å². The average Bonchev–Trinajstić information content (AvgIpc) is 2.73. The molecule has 0 spiro atoms. The van der Waals surface area contributed by atoms with Crippen molar-refractivity contribution in [2.75, 3.05) is 20.1 Å². The van der Waals surface area contributed by atoms with Crippen molar-refractivity contribution in [1.82, 2.24) is 9.88 Å². The number of hydrogen-bond acceptors (Lipinski definition) is 4. The van der Waals surface area contributed by atoms with Crippen LogP contribution in [0, 0.1) is 12.8 Å². The Morgan fingerprint density at radius 1 is 1.71 bits per heavy atom. The molecule has 1 N–H and O–H groups in total. The fourth-order valence-corrected chi connectivity index (χ4v) is 2.63. The highest BCUT2D eigenvalue weighted by Crippen LogP contribution is 2.29. The molecule has 2 rings (SSSR count). The summed E-state index contributed by atoms with van der Waals surface area (Å²) in [6.07, 6.45) is 0.707. The zero-order chi connectivity index (χ0) is 10.1. The third-order valence-electron chi connectivity index (χ3n) is 2.81. The number of likely N-dealkylation sites (tertiary alicyclic amines) is 1. The monoisotopic (exact) mass is 212 g/mol. The Morgan fingerprint density at radius 3 is 3.00 bits per heavy atom. The number of rotatable bonds is 2. The summed E-state index contributed by atoms with van der Waals surface area (Å²) in [5.41, 5.74) is 0.854. The van der Waals surface area contributed by atoms with E-state index in [1.807, 2.05) is 12.3 Å². The molecule has 0 bridgehead atoms. The van der Waals surface area contributed by atoms with Gasteiger partial charge in [-0.2, -0.15) is 0 Å². The van der Waals surface area contributed by atoms with E-state index in [9.17, 15) is 5.11 Å². The molecule has 1 aliphatic rings. The Hall–Kier alpha value is -0.450. The maximum atomic E-state index is 10.1. The van der Waals surface area contributed by atoms with Gasteiger partial charge in [-0.25, -0.2) is 4.98 Å². The molecule has 3 nitrogen and oxygen atoms in total. The summed E-state index contributed by atoms with van der Waals surface area (Å²) >= 11 is 1.61. The second-order valence-electron chi connectivity index (χ2n) is 4.05. The lowest BCUT2D eigenvalue weighted by atomic mass is 10.00. The zero-order valence-electron chi connectivity index (χ0n) is 8.60. The van der Waals surface area contributed by atoms with Crippen molar-refractivity contribution < 1.29 is 5.11 Å². The van der Waals surface area contributed by atoms with Crippen LogP contribution in [0.5, 0.6) is 0 Å². The molecule has 1 saturated heterocycles. The quantitative estimate of drug-likeness (QED) is 0.806. The number of hydrogen-bond donors (Lipinski definition) is 1.